The molecule has 8 nitrogen and oxygen atoms in total. The van der Waals surface area contributed by atoms with Gasteiger partial charge in [-0.15, -0.1) is 10.2 Å². The number of Topliss-reactive ketones (excluding diaryl/α,β-unsaturated/α-hetero) is 1. The molecule has 2 heterocycles. The van der Waals surface area contributed by atoms with E-state index in [-0.39, 0.29) is 22.3 Å². The number of hydrogen-bond donors (Lipinski definition) is 1. The molecule has 1 atom stereocenters. The maximum atomic E-state index is 14.1. The molecule has 1 amide bonds. The molecule has 0 spiro atoms. The van der Waals surface area contributed by atoms with Crippen molar-refractivity contribution in [3.63, 3.8) is 0 Å². The first kappa shape index (κ1) is 31.2. The number of anilines is 1. The van der Waals surface area contributed by atoms with Crippen LogP contribution in [0.2, 0.25) is 0 Å². The minimum absolute atomic E-state index is 0.0624. The Kier molecular flexibility index (Phi) is 10.3. The van der Waals surface area contributed by atoms with E-state index >= 15 is 0 Å². The molecule has 1 aromatic heterocycles. The van der Waals surface area contributed by atoms with Crippen LogP contribution in [-0.2, 0) is 15.3 Å². The van der Waals surface area contributed by atoms with Crippen LogP contribution in [0.5, 0.6) is 11.5 Å². The number of hydrogen-bond acceptors (Lipinski definition) is 9. The predicted octanol–water partition coefficient (Wildman–Crippen LogP) is 7.56. The number of ketones is 1. The highest BCUT2D eigenvalue weighted by atomic mass is 32.2. The van der Waals surface area contributed by atoms with Gasteiger partial charge in [0.25, 0.3) is 5.78 Å². The maximum Gasteiger partial charge on any atom is 0.301 e. The summed E-state index contributed by atoms with van der Waals surface area (Å²) in [5.74, 6) is -0.677. The van der Waals surface area contributed by atoms with E-state index in [1.54, 1.807) is 66.7 Å². The van der Waals surface area contributed by atoms with Crippen molar-refractivity contribution in [3.8, 4) is 11.5 Å². The molecular formula is C33H32FN3O5S2. The van der Waals surface area contributed by atoms with Crippen molar-refractivity contribution < 1.29 is 28.6 Å². The van der Waals surface area contributed by atoms with E-state index in [0.717, 1.165) is 30.6 Å². The van der Waals surface area contributed by atoms with Gasteiger partial charge in [-0.2, -0.15) is 0 Å². The fraction of sp³-hybridized carbons (Fsp3) is 0.273. The van der Waals surface area contributed by atoms with Crippen LogP contribution in [0.4, 0.5) is 9.52 Å². The van der Waals surface area contributed by atoms with Crippen LogP contribution < -0.4 is 14.4 Å². The number of carbonyl (C=O) groups excluding carboxylic acids is 2. The summed E-state index contributed by atoms with van der Waals surface area (Å²) in [5, 5.41) is 20.1. The Bertz CT molecular complexity index is 1640. The lowest BCUT2D eigenvalue weighted by Gasteiger charge is -2.22. The van der Waals surface area contributed by atoms with Gasteiger partial charge in [-0.25, -0.2) is 4.39 Å². The van der Waals surface area contributed by atoms with Crippen LogP contribution >= 0.6 is 23.1 Å². The van der Waals surface area contributed by atoms with Crippen molar-refractivity contribution in [2.75, 3.05) is 18.1 Å². The first-order valence-electron chi connectivity index (χ1n) is 14.4. The number of aliphatic hydroxyl groups is 1. The van der Waals surface area contributed by atoms with Gasteiger partial charge >= 0.3 is 5.91 Å². The molecule has 0 aliphatic carbocycles. The molecule has 1 aliphatic rings. The molecule has 228 valence electrons. The van der Waals surface area contributed by atoms with Gasteiger partial charge in [0.15, 0.2) is 4.34 Å². The average Bonchev–Trinajstić information content (AvgIpc) is 3.61. The molecule has 0 radical (unpaired) electrons. The zero-order valence-corrected chi connectivity index (χ0v) is 26.0. The Morgan fingerprint density at radius 1 is 0.932 bits per heavy atom. The van der Waals surface area contributed by atoms with Crippen molar-refractivity contribution in [2.24, 2.45) is 0 Å². The van der Waals surface area contributed by atoms with E-state index in [9.17, 15) is 19.1 Å². The fourth-order valence-electron chi connectivity index (χ4n) is 4.62. The van der Waals surface area contributed by atoms with E-state index in [1.165, 1.54) is 22.7 Å². The second-order valence-corrected chi connectivity index (χ2v) is 12.2. The molecule has 1 fully saturated rings. The van der Waals surface area contributed by atoms with Crippen LogP contribution in [0.15, 0.2) is 82.7 Å². The normalized spacial score (nSPS) is 16.0. The van der Waals surface area contributed by atoms with Gasteiger partial charge in [0, 0.05) is 11.3 Å². The molecule has 0 bridgehead atoms. The van der Waals surface area contributed by atoms with Gasteiger partial charge < -0.3 is 14.6 Å². The highest BCUT2D eigenvalue weighted by Crippen LogP contribution is 2.44. The summed E-state index contributed by atoms with van der Waals surface area (Å²) in [6.45, 7) is 5.22. The lowest BCUT2D eigenvalue weighted by atomic mass is 9.95. The van der Waals surface area contributed by atoms with E-state index in [2.05, 4.69) is 17.1 Å². The van der Waals surface area contributed by atoms with E-state index < -0.39 is 17.7 Å². The number of unbranched alkanes of at least 4 members (excludes halogenated alkanes) is 1. The van der Waals surface area contributed by atoms with E-state index in [1.807, 2.05) is 6.92 Å². The standard InChI is InChI=1S/C33H32FN3O5S2/c1-3-5-19-42-25-16-12-22(13-17-25)29(38)27-28(21-10-14-24(15-11-21)41-18-4-2)37(31(40)30(27)39)32-35-36-33(44-32)43-20-23-8-6-7-9-26(23)34/h6-17,28,38H,3-5,18-20H2,1-2H3. The van der Waals surface area contributed by atoms with E-state index in [4.69, 9.17) is 9.47 Å². The molecular weight excluding hydrogens is 602 g/mol. The number of rotatable bonds is 13. The third-order valence-corrected chi connectivity index (χ3v) is 9.02. The number of halogens is 1. The monoisotopic (exact) mass is 633 g/mol. The Hall–Kier alpha value is -4.22. The second kappa shape index (κ2) is 14.5. The number of aromatic nitrogens is 2. The number of ether oxygens (including phenoxy) is 2. The number of carbonyl (C=O) groups is 2. The summed E-state index contributed by atoms with van der Waals surface area (Å²) in [5.41, 5.74) is 1.41. The highest BCUT2D eigenvalue weighted by Gasteiger charge is 2.48. The molecule has 11 heteroatoms. The fourth-order valence-corrected chi connectivity index (χ4v) is 6.48. The number of amides is 1. The van der Waals surface area contributed by atoms with Crippen molar-refractivity contribution in [2.45, 2.75) is 49.2 Å². The Balaban J connectivity index is 1.49. The first-order valence-corrected chi connectivity index (χ1v) is 16.2. The van der Waals surface area contributed by atoms with Crippen molar-refractivity contribution in [1.82, 2.24) is 10.2 Å². The molecule has 1 aliphatic heterocycles. The molecule has 4 aromatic rings. The van der Waals surface area contributed by atoms with Crippen molar-refractivity contribution in [1.29, 1.82) is 0 Å². The lowest BCUT2D eigenvalue weighted by molar-refractivity contribution is -0.132. The van der Waals surface area contributed by atoms with Crippen LogP contribution in [-0.4, -0.2) is 40.2 Å². The molecule has 0 saturated carbocycles. The Morgan fingerprint density at radius 2 is 1.61 bits per heavy atom. The average molecular weight is 634 g/mol. The maximum absolute atomic E-state index is 14.1. The van der Waals surface area contributed by atoms with Gasteiger partial charge in [-0.3, -0.25) is 14.5 Å². The number of nitrogens with zero attached hydrogens (tertiary/aromatic N) is 3. The smallest absolute Gasteiger partial charge is 0.301 e. The minimum atomic E-state index is -0.965. The van der Waals surface area contributed by atoms with Crippen LogP contribution in [0.1, 0.15) is 55.8 Å². The second-order valence-electron chi connectivity index (χ2n) is 10.0. The van der Waals surface area contributed by atoms with Crippen molar-refractivity contribution in [3.05, 3.63) is 101 Å². The Labute approximate surface area is 263 Å². The zero-order valence-electron chi connectivity index (χ0n) is 24.4. The summed E-state index contributed by atoms with van der Waals surface area (Å²) < 4.78 is 26.1. The van der Waals surface area contributed by atoms with Crippen LogP contribution in [0.25, 0.3) is 5.76 Å². The summed E-state index contributed by atoms with van der Waals surface area (Å²) >= 11 is 2.40. The highest BCUT2D eigenvalue weighted by molar-refractivity contribution is 8.00. The van der Waals surface area contributed by atoms with Gasteiger partial charge in [-0.05, 0) is 66.4 Å². The van der Waals surface area contributed by atoms with Gasteiger partial charge in [-0.1, -0.05) is 73.7 Å². The number of thioether (sulfide) groups is 1. The molecule has 3 aromatic carbocycles. The molecule has 1 N–H and O–H groups in total. The third-order valence-electron chi connectivity index (χ3n) is 6.92. The summed E-state index contributed by atoms with van der Waals surface area (Å²) in [6.07, 6.45) is 2.77. The zero-order chi connectivity index (χ0) is 31.1. The van der Waals surface area contributed by atoms with E-state index in [0.29, 0.717) is 51.5 Å². The first-order chi connectivity index (χ1) is 21.4. The molecule has 44 heavy (non-hydrogen) atoms. The number of aliphatic hydroxyl groups excluding tert-OH is 1. The SMILES string of the molecule is CCCCOc1ccc(C(O)=C2C(=O)C(=O)N(c3nnc(SCc4ccccc4F)s3)C2c2ccc(OCCC)cc2)cc1. The van der Waals surface area contributed by atoms with Crippen LogP contribution in [0.3, 0.4) is 0 Å². The largest absolute Gasteiger partial charge is 0.507 e. The quantitative estimate of drug-likeness (QED) is 0.0402. The topological polar surface area (TPSA) is 102 Å². The predicted molar refractivity (Wildman–Crippen MR) is 170 cm³/mol. The summed E-state index contributed by atoms with van der Waals surface area (Å²) in [4.78, 5) is 28.4. The molecule has 5 rings (SSSR count). The molecule has 1 unspecified atom stereocenters. The van der Waals surface area contributed by atoms with Gasteiger partial charge in [0.2, 0.25) is 5.13 Å². The third kappa shape index (κ3) is 6.95. The number of benzene rings is 3. The molecule has 1 saturated heterocycles. The minimum Gasteiger partial charge on any atom is -0.507 e. The van der Waals surface area contributed by atoms with Crippen molar-refractivity contribution >= 4 is 45.7 Å². The summed E-state index contributed by atoms with van der Waals surface area (Å²) in [7, 11) is 0. The van der Waals surface area contributed by atoms with Crippen LogP contribution in [0, 0.1) is 5.82 Å². The summed E-state index contributed by atoms with van der Waals surface area (Å²) in [6, 6.07) is 19.3. The Morgan fingerprint density at radius 3 is 2.30 bits per heavy atom. The lowest BCUT2D eigenvalue weighted by Crippen LogP contribution is -2.29. The van der Waals surface area contributed by atoms with Gasteiger partial charge in [0.1, 0.15) is 23.1 Å². The van der Waals surface area contributed by atoms with Gasteiger partial charge in [0.05, 0.1) is 24.8 Å².